The molecule has 142 valence electrons. The second kappa shape index (κ2) is 7.66. The third-order valence-corrected chi connectivity index (χ3v) is 4.38. The molecule has 0 aliphatic carbocycles. The average molecular weight is 374 g/mol. The van der Waals surface area contributed by atoms with E-state index in [0.717, 1.165) is 22.3 Å². The first-order valence-corrected chi connectivity index (χ1v) is 9.17. The highest BCUT2D eigenvalue weighted by atomic mass is 16.3. The largest absolute Gasteiger partial charge is 0.392 e. The van der Waals surface area contributed by atoms with Gasteiger partial charge in [0.25, 0.3) is 0 Å². The SMILES string of the molecule is Cc1ccccc1Nc1nc(NC[C@H](C)O)nc2c1cnn2-c1ccccc1. The lowest BCUT2D eigenvalue weighted by molar-refractivity contribution is 0.208. The summed E-state index contributed by atoms with van der Waals surface area (Å²) in [7, 11) is 0. The zero-order chi connectivity index (χ0) is 19.5. The zero-order valence-corrected chi connectivity index (χ0v) is 15.8. The number of hydrogen-bond donors (Lipinski definition) is 3. The molecule has 4 aromatic rings. The molecule has 0 unspecified atom stereocenters. The van der Waals surface area contributed by atoms with Crippen molar-refractivity contribution in [2.24, 2.45) is 0 Å². The molecule has 0 bridgehead atoms. The summed E-state index contributed by atoms with van der Waals surface area (Å²) in [6.07, 6.45) is 1.26. The fourth-order valence-electron chi connectivity index (χ4n) is 2.92. The number of hydrogen-bond acceptors (Lipinski definition) is 6. The van der Waals surface area contributed by atoms with Gasteiger partial charge in [0, 0.05) is 12.2 Å². The maximum absolute atomic E-state index is 9.61. The Morgan fingerprint density at radius 1 is 1.04 bits per heavy atom. The van der Waals surface area contributed by atoms with Crippen LogP contribution in [0.25, 0.3) is 16.7 Å². The molecule has 2 aromatic heterocycles. The van der Waals surface area contributed by atoms with Gasteiger partial charge in [-0.05, 0) is 37.6 Å². The summed E-state index contributed by atoms with van der Waals surface area (Å²) in [5.41, 5.74) is 3.68. The monoisotopic (exact) mass is 374 g/mol. The molecule has 2 aromatic carbocycles. The van der Waals surface area contributed by atoms with Gasteiger partial charge in [-0.1, -0.05) is 36.4 Å². The minimum Gasteiger partial charge on any atom is -0.392 e. The second-order valence-corrected chi connectivity index (χ2v) is 6.69. The molecule has 0 aliphatic heterocycles. The smallest absolute Gasteiger partial charge is 0.226 e. The molecule has 7 heteroatoms. The number of anilines is 3. The first kappa shape index (κ1) is 17.9. The van der Waals surface area contributed by atoms with Crippen molar-refractivity contribution in [1.82, 2.24) is 19.7 Å². The van der Waals surface area contributed by atoms with E-state index in [1.165, 1.54) is 0 Å². The number of aliphatic hydroxyl groups excluding tert-OH is 1. The van der Waals surface area contributed by atoms with Crippen LogP contribution in [-0.4, -0.2) is 37.5 Å². The van der Waals surface area contributed by atoms with Crippen molar-refractivity contribution in [2.45, 2.75) is 20.0 Å². The topological polar surface area (TPSA) is 87.9 Å². The van der Waals surface area contributed by atoms with E-state index in [-0.39, 0.29) is 0 Å². The molecule has 0 saturated carbocycles. The van der Waals surface area contributed by atoms with Crippen molar-refractivity contribution < 1.29 is 5.11 Å². The van der Waals surface area contributed by atoms with Crippen LogP contribution in [0.2, 0.25) is 0 Å². The number of nitrogens with one attached hydrogen (secondary N) is 2. The van der Waals surface area contributed by atoms with Crippen molar-refractivity contribution in [2.75, 3.05) is 17.2 Å². The van der Waals surface area contributed by atoms with Crippen molar-refractivity contribution in [3.63, 3.8) is 0 Å². The van der Waals surface area contributed by atoms with Crippen LogP contribution >= 0.6 is 0 Å². The van der Waals surface area contributed by atoms with E-state index in [2.05, 4.69) is 25.7 Å². The molecular weight excluding hydrogens is 352 g/mol. The highest BCUT2D eigenvalue weighted by Gasteiger charge is 2.15. The summed E-state index contributed by atoms with van der Waals surface area (Å²) in [4.78, 5) is 9.25. The van der Waals surface area contributed by atoms with Gasteiger partial charge in [-0.15, -0.1) is 0 Å². The Balaban J connectivity index is 1.83. The van der Waals surface area contributed by atoms with Crippen LogP contribution in [0.1, 0.15) is 12.5 Å². The Bertz CT molecular complexity index is 1090. The Labute approximate surface area is 163 Å². The van der Waals surface area contributed by atoms with Gasteiger partial charge >= 0.3 is 0 Å². The number of aliphatic hydroxyl groups is 1. The summed E-state index contributed by atoms with van der Waals surface area (Å²) in [5.74, 6) is 1.09. The summed E-state index contributed by atoms with van der Waals surface area (Å²) < 4.78 is 1.79. The number of nitrogens with zero attached hydrogens (tertiary/aromatic N) is 4. The fourth-order valence-corrected chi connectivity index (χ4v) is 2.92. The number of aromatic nitrogens is 4. The highest BCUT2D eigenvalue weighted by Crippen LogP contribution is 2.28. The first-order valence-electron chi connectivity index (χ1n) is 9.17. The predicted molar refractivity (Wildman–Crippen MR) is 111 cm³/mol. The van der Waals surface area contributed by atoms with Crippen molar-refractivity contribution in [1.29, 1.82) is 0 Å². The minimum atomic E-state index is -0.508. The minimum absolute atomic E-state index is 0.356. The Morgan fingerprint density at radius 2 is 1.79 bits per heavy atom. The van der Waals surface area contributed by atoms with Gasteiger partial charge in [-0.3, -0.25) is 0 Å². The number of fused-ring (bicyclic) bond motifs is 1. The van der Waals surface area contributed by atoms with Crippen LogP contribution in [0.15, 0.2) is 60.8 Å². The summed E-state index contributed by atoms with van der Waals surface area (Å²) in [6.45, 7) is 4.11. The van der Waals surface area contributed by atoms with Gasteiger partial charge < -0.3 is 15.7 Å². The van der Waals surface area contributed by atoms with Crippen LogP contribution in [0.5, 0.6) is 0 Å². The van der Waals surface area contributed by atoms with Crippen molar-refractivity contribution in [3.05, 3.63) is 66.4 Å². The number of aryl methyl sites for hydroxylation is 1. The Kier molecular flexibility index (Phi) is 4.90. The molecule has 0 saturated heterocycles. The third-order valence-electron chi connectivity index (χ3n) is 4.38. The molecule has 2 heterocycles. The summed E-state index contributed by atoms with van der Waals surface area (Å²) in [5, 5.41) is 21.4. The van der Waals surface area contributed by atoms with Gasteiger partial charge in [0.05, 0.1) is 23.4 Å². The van der Waals surface area contributed by atoms with E-state index < -0.39 is 6.10 Å². The highest BCUT2D eigenvalue weighted by molar-refractivity contribution is 5.90. The quantitative estimate of drug-likeness (QED) is 0.477. The van der Waals surface area contributed by atoms with E-state index in [1.54, 1.807) is 17.8 Å². The standard InChI is InChI=1S/C21H22N6O/c1-14-8-6-7-11-18(14)24-19-17-13-23-27(16-9-4-3-5-10-16)20(17)26-21(25-19)22-12-15(2)28/h3-11,13,15,28H,12H2,1-2H3,(H2,22,24,25,26)/t15-/m0/s1. The lowest BCUT2D eigenvalue weighted by Gasteiger charge is -2.13. The molecule has 28 heavy (non-hydrogen) atoms. The maximum atomic E-state index is 9.61. The van der Waals surface area contributed by atoms with Crippen LogP contribution in [0.3, 0.4) is 0 Å². The van der Waals surface area contributed by atoms with Gasteiger partial charge in [0.2, 0.25) is 5.95 Å². The second-order valence-electron chi connectivity index (χ2n) is 6.69. The number of benzene rings is 2. The fraction of sp³-hybridized carbons (Fsp3) is 0.190. The molecule has 0 fully saturated rings. The average Bonchev–Trinajstić information content (AvgIpc) is 3.13. The maximum Gasteiger partial charge on any atom is 0.226 e. The Morgan fingerprint density at radius 3 is 2.54 bits per heavy atom. The zero-order valence-electron chi connectivity index (χ0n) is 15.8. The van der Waals surface area contributed by atoms with E-state index >= 15 is 0 Å². The van der Waals surface area contributed by atoms with E-state index in [1.807, 2.05) is 61.5 Å². The number of para-hydroxylation sites is 2. The summed E-state index contributed by atoms with van der Waals surface area (Å²) >= 11 is 0. The van der Waals surface area contributed by atoms with E-state index in [0.29, 0.717) is 24.0 Å². The molecule has 0 aliphatic rings. The molecule has 0 radical (unpaired) electrons. The summed E-state index contributed by atoms with van der Waals surface area (Å²) in [6, 6.07) is 17.9. The molecular formula is C21H22N6O. The third kappa shape index (κ3) is 3.65. The van der Waals surface area contributed by atoms with Crippen LogP contribution in [0.4, 0.5) is 17.5 Å². The molecule has 4 rings (SSSR count). The molecule has 0 spiro atoms. The molecule has 3 N–H and O–H groups in total. The first-order chi connectivity index (χ1) is 13.6. The molecule has 0 amide bonds. The normalized spacial score (nSPS) is 12.1. The number of rotatable bonds is 6. The van der Waals surface area contributed by atoms with Gasteiger partial charge in [0.15, 0.2) is 5.65 Å². The Hall–Kier alpha value is -3.45. The lowest BCUT2D eigenvalue weighted by Crippen LogP contribution is -2.17. The van der Waals surface area contributed by atoms with Crippen LogP contribution < -0.4 is 10.6 Å². The van der Waals surface area contributed by atoms with Crippen LogP contribution in [-0.2, 0) is 0 Å². The molecule has 1 atom stereocenters. The molecule has 7 nitrogen and oxygen atoms in total. The van der Waals surface area contributed by atoms with E-state index in [9.17, 15) is 5.11 Å². The van der Waals surface area contributed by atoms with Gasteiger partial charge in [-0.2, -0.15) is 15.1 Å². The van der Waals surface area contributed by atoms with Gasteiger partial charge in [-0.25, -0.2) is 4.68 Å². The van der Waals surface area contributed by atoms with Crippen molar-refractivity contribution >= 4 is 28.5 Å². The lowest BCUT2D eigenvalue weighted by atomic mass is 10.2. The predicted octanol–water partition coefficient (Wildman–Crippen LogP) is 3.66. The van der Waals surface area contributed by atoms with E-state index in [4.69, 9.17) is 0 Å². The van der Waals surface area contributed by atoms with Crippen LogP contribution in [0, 0.1) is 6.92 Å². The van der Waals surface area contributed by atoms with Crippen molar-refractivity contribution in [3.8, 4) is 5.69 Å². The van der Waals surface area contributed by atoms with Gasteiger partial charge in [0.1, 0.15) is 5.82 Å².